The van der Waals surface area contributed by atoms with Gasteiger partial charge in [-0.05, 0) is 30.8 Å². The number of H-pyrrole nitrogens is 1. The standard InChI is InChI=1S/C17H16F2N4OS/c1-24-10-8-12(18)11(13(19)9-10)6-7-20-17(25)23-16-21-14-4-2-3-5-15(14)22-16/h2-5,8-9H,6-7H2,1H3,(H3,20,21,22,23,25). The third-order valence-electron chi connectivity index (χ3n) is 3.63. The number of para-hydroxylation sites is 2. The van der Waals surface area contributed by atoms with E-state index >= 15 is 0 Å². The van der Waals surface area contributed by atoms with E-state index in [0.29, 0.717) is 11.1 Å². The highest BCUT2D eigenvalue weighted by molar-refractivity contribution is 7.80. The molecule has 0 aliphatic carbocycles. The molecule has 0 radical (unpaired) electrons. The number of fused-ring (bicyclic) bond motifs is 1. The first-order valence-corrected chi connectivity index (χ1v) is 7.99. The van der Waals surface area contributed by atoms with Gasteiger partial charge in [-0.15, -0.1) is 0 Å². The number of aromatic nitrogens is 2. The van der Waals surface area contributed by atoms with Crippen LogP contribution in [0.2, 0.25) is 0 Å². The highest BCUT2D eigenvalue weighted by Gasteiger charge is 2.12. The highest BCUT2D eigenvalue weighted by Crippen LogP contribution is 2.20. The van der Waals surface area contributed by atoms with Crippen molar-refractivity contribution in [2.75, 3.05) is 19.0 Å². The van der Waals surface area contributed by atoms with Crippen LogP contribution < -0.4 is 15.4 Å². The van der Waals surface area contributed by atoms with Gasteiger partial charge in [0.05, 0.1) is 18.1 Å². The zero-order valence-electron chi connectivity index (χ0n) is 13.4. The van der Waals surface area contributed by atoms with Crippen molar-refractivity contribution in [1.82, 2.24) is 15.3 Å². The molecule has 0 saturated carbocycles. The number of rotatable bonds is 5. The smallest absolute Gasteiger partial charge is 0.207 e. The van der Waals surface area contributed by atoms with Gasteiger partial charge < -0.3 is 20.4 Å². The molecule has 1 aromatic heterocycles. The van der Waals surface area contributed by atoms with E-state index in [4.69, 9.17) is 17.0 Å². The fourth-order valence-electron chi connectivity index (χ4n) is 2.40. The predicted octanol–water partition coefficient (Wildman–Crippen LogP) is 3.38. The summed E-state index contributed by atoms with van der Waals surface area (Å²) < 4.78 is 32.6. The van der Waals surface area contributed by atoms with Crippen LogP contribution in [0.25, 0.3) is 11.0 Å². The number of anilines is 1. The van der Waals surface area contributed by atoms with Crippen LogP contribution in [0.5, 0.6) is 5.75 Å². The number of ether oxygens (including phenoxy) is 1. The minimum Gasteiger partial charge on any atom is -0.497 e. The second-order valence-corrected chi connectivity index (χ2v) is 5.71. The number of nitrogens with one attached hydrogen (secondary N) is 3. The number of nitrogens with zero attached hydrogens (tertiary/aromatic N) is 1. The summed E-state index contributed by atoms with van der Waals surface area (Å²) in [5.41, 5.74) is 1.69. The number of hydrogen-bond acceptors (Lipinski definition) is 3. The Labute approximate surface area is 148 Å². The van der Waals surface area contributed by atoms with Crippen LogP contribution >= 0.6 is 12.2 Å². The van der Waals surface area contributed by atoms with Crippen molar-refractivity contribution in [2.24, 2.45) is 0 Å². The van der Waals surface area contributed by atoms with E-state index in [0.717, 1.165) is 23.2 Å². The number of imidazole rings is 1. The van der Waals surface area contributed by atoms with Gasteiger partial charge in [-0.25, -0.2) is 13.8 Å². The lowest BCUT2D eigenvalue weighted by molar-refractivity contribution is 0.405. The Morgan fingerprint density at radius 2 is 1.96 bits per heavy atom. The molecule has 0 bridgehead atoms. The van der Waals surface area contributed by atoms with E-state index in [2.05, 4.69) is 20.6 Å². The molecule has 0 amide bonds. The number of thiocarbonyl (C=S) groups is 1. The van der Waals surface area contributed by atoms with Crippen LogP contribution in [-0.2, 0) is 6.42 Å². The van der Waals surface area contributed by atoms with E-state index in [-0.39, 0.29) is 24.3 Å². The molecule has 0 saturated heterocycles. The monoisotopic (exact) mass is 362 g/mol. The largest absolute Gasteiger partial charge is 0.497 e. The average Bonchev–Trinajstić information content (AvgIpc) is 2.99. The van der Waals surface area contributed by atoms with Crippen LogP contribution in [0.1, 0.15) is 5.56 Å². The molecule has 0 unspecified atom stereocenters. The van der Waals surface area contributed by atoms with Crippen molar-refractivity contribution in [3.05, 3.63) is 53.6 Å². The van der Waals surface area contributed by atoms with Crippen molar-refractivity contribution in [3.63, 3.8) is 0 Å². The Morgan fingerprint density at radius 3 is 2.64 bits per heavy atom. The first kappa shape index (κ1) is 17.1. The summed E-state index contributed by atoms with van der Waals surface area (Å²) in [5.74, 6) is -0.640. The average molecular weight is 362 g/mol. The molecule has 0 aliphatic rings. The normalized spacial score (nSPS) is 10.7. The van der Waals surface area contributed by atoms with Gasteiger partial charge in [-0.2, -0.15) is 0 Å². The summed E-state index contributed by atoms with van der Waals surface area (Å²) in [6, 6.07) is 9.88. The van der Waals surface area contributed by atoms with Crippen molar-refractivity contribution in [3.8, 4) is 5.75 Å². The van der Waals surface area contributed by atoms with Crippen molar-refractivity contribution in [2.45, 2.75) is 6.42 Å². The lowest BCUT2D eigenvalue weighted by atomic mass is 10.1. The zero-order chi connectivity index (χ0) is 17.8. The molecule has 3 rings (SSSR count). The number of aromatic amines is 1. The third kappa shape index (κ3) is 4.03. The van der Waals surface area contributed by atoms with Gasteiger partial charge in [0.15, 0.2) is 5.11 Å². The van der Waals surface area contributed by atoms with Crippen LogP contribution in [0.15, 0.2) is 36.4 Å². The maximum Gasteiger partial charge on any atom is 0.207 e. The van der Waals surface area contributed by atoms with E-state index in [1.807, 2.05) is 24.3 Å². The number of methoxy groups -OCH3 is 1. The van der Waals surface area contributed by atoms with Crippen molar-refractivity contribution >= 4 is 34.3 Å². The first-order chi connectivity index (χ1) is 12.1. The molecular formula is C17H16F2N4OS. The fraction of sp³-hybridized carbons (Fsp3) is 0.176. The minimum atomic E-state index is -0.644. The lowest BCUT2D eigenvalue weighted by Gasteiger charge is -2.10. The molecule has 3 N–H and O–H groups in total. The maximum atomic E-state index is 13.9. The topological polar surface area (TPSA) is 62.0 Å². The number of halogens is 2. The summed E-state index contributed by atoms with van der Waals surface area (Å²) in [5, 5.41) is 6.13. The molecule has 0 fully saturated rings. The molecule has 0 atom stereocenters. The fourth-order valence-corrected chi connectivity index (χ4v) is 2.60. The van der Waals surface area contributed by atoms with Crippen molar-refractivity contribution < 1.29 is 13.5 Å². The molecule has 1 heterocycles. The molecule has 0 spiro atoms. The molecule has 130 valence electrons. The Bertz CT molecular complexity index is 857. The Morgan fingerprint density at radius 1 is 1.24 bits per heavy atom. The van der Waals surface area contributed by atoms with E-state index in [1.165, 1.54) is 7.11 Å². The minimum absolute atomic E-state index is 0.0140. The highest BCUT2D eigenvalue weighted by atomic mass is 32.1. The van der Waals surface area contributed by atoms with Gasteiger partial charge in [0.25, 0.3) is 0 Å². The van der Waals surface area contributed by atoms with Gasteiger partial charge in [-0.1, -0.05) is 12.1 Å². The number of benzene rings is 2. The quantitative estimate of drug-likeness (QED) is 0.608. The van der Waals surface area contributed by atoms with E-state index in [9.17, 15) is 8.78 Å². The van der Waals surface area contributed by atoms with E-state index in [1.54, 1.807) is 0 Å². The molecule has 2 aromatic carbocycles. The third-order valence-corrected chi connectivity index (χ3v) is 3.88. The van der Waals surface area contributed by atoms with Gasteiger partial charge >= 0.3 is 0 Å². The molecule has 25 heavy (non-hydrogen) atoms. The first-order valence-electron chi connectivity index (χ1n) is 7.58. The summed E-state index contributed by atoms with van der Waals surface area (Å²) in [6.45, 7) is 0.270. The van der Waals surface area contributed by atoms with Crippen LogP contribution in [0, 0.1) is 11.6 Å². The zero-order valence-corrected chi connectivity index (χ0v) is 14.2. The van der Waals surface area contributed by atoms with Gasteiger partial charge in [0, 0.05) is 24.2 Å². The maximum absolute atomic E-state index is 13.9. The SMILES string of the molecule is COc1cc(F)c(CCNC(=S)Nc2nc3ccccc3[nH]2)c(F)c1. The van der Waals surface area contributed by atoms with Crippen LogP contribution in [0.4, 0.5) is 14.7 Å². The second kappa shape index (κ2) is 7.43. The second-order valence-electron chi connectivity index (χ2n) is 5.30. The Hall–Kier alpha value is -2.74. The Kier molecular flexibility index (Phi) is 5.08. The predicted molar refractivity (Wildman–Crippen MR) is 96.9 cm³/mol. The summed E-state index contributed by atoms with van der Waals surface area (Å²) >= 11 is 5.17. The van der Waals surface area contributed by atoms with Gasteiger partial charge in [-0.3, -0.25) is 0 Å². The van der Waals surface area contributed by atoms with E-state index < -0.39 is 11.6 Å². The lowest BCUT2D eigenvalue weighted by Crippen LogP contribution is -2.30. The molecule has 0 aliphatic heterocycles. The summed E-state index contributed by atoms with van der Waals surface area (Å²) in [6.07, 6.45) is 0.142. The van der Waals surface area contributed by atoms with Gasteiger partial charge in [0.2, 0.25) is 5.95 Å². The Balaban J connectivity index is 1.56. The van der Waals surface area contributed by atoms with Gasteiger partial charge in [0.1, 0.15) is 17.4 Å². The van der Waals surface area contributed by atoms with Crippen LogP contribution in [0.3, 0.4) is 0 Å². The molecule has 8 heteroatoms. The molecule has 5 nitrogen and oxygen atoms in total. The van der Waals surface area contributed by atoms with Crippen molar-refractivity contribution in [1.29, 1.82) is 0 Å². The number of hydrogen-bond donors (Lipinski definition) is 3. The summed E-state index contributed by atoms with van der Waals surface area (Å²) in [7, 11) is 1.36. The van der Waals surface area contributed by atoms with Crippen LogP contribution in [-0.4, -0.2) is 28.7 Å². The summed E-state index contributed by atoms with van der Waals surface area (Å²) in [4.78, 5) is 7.42. The molecular weight excluding hydrogens is 346 g/mol. The molecule has 3 aromatic rings.